The number of ether oxygens (including phenoxy) is 1. The number of carbonyl (C=O) groups excluding carboxylic acids is 1. The predicted molar refractivity (Wildman–Crippen MR) is 150 cm³/mol. The van der Waals surface area contributed by atoms with E-state index in [1.165, 1.54) is 18.4 Å². The zero-order valence-corrected chi connectivity index (χ0v) is 23.6. The molecule has 0 saturated carbocycles. The molecule has 0 unspecified atom stereocenters. The molecule has 1 aromatic carbocycles. The number of aromatic nitrogens is 3. The number of nitrogens with zero attached hydrogens (tertiary/aromatic N) is 6. The van der Waals surface area contributed by atoms with Crippen LogP contribution in [0.4, 0.5) is 19.0 Å². The van der Waals surface area contributed by atoms with Gasteiger partial charge in [-0.3, -0.25) is 9.69 Å². The minimum Gasteiger partial charge on any atom is -0.469 e. The zero-order valence-electron chi connectivity index (χ0n) is 22.8. The lowest BCUT2D eigenvalue weighted by molar-refractivity contribution is -0.140. The Balaban J connectivity index is 1.18. The van der Waals surface area contributed by atoms with E-state index in [0.717, 1.165) is 75.6 Å². The van der Waals surface area contributed by atoms with Crippen molar-refractivity contribution in [3.05, 3.63) is 52.3 Å². The number of halogens is 3. The lowest BCUT2D eigenvalue weighted by atomic mass is 9.86. The van der Waals surface area contributed by atoms with Crippen LogP contribution in [0.3, 0.4) is 0 Å². The Morgan fingerprint density at radius 1 is 1.17 bits per heavy atom. The number of likely N-dealkylation sites (tertiary alicyclic amines) is 1. The fourth-order valence-corrected chi connectivity index (χ4v) is 7.41. The number of thiophene rings is 1. The first-order valence-electron chi connectivity index (χ1n) is 13.4. The topological polar surface area (TPSA) is 87.3 Å². The first-order valence-corrected chi connectivity index (χ1v) is 14.3. The van der Waals surface area contributed by atoms with E-state index < -0.39 is 12.7 Å². The summed E-state index contributed by atoms with van der Waals surface area (Å²) in [5, 5.41) is 11.1. The summed E-state index contributed by atoms with van der Waals surface area (Å²) in [5.41, 5.74) is 2.56. The predicted octanol–water partition coefficient (Wildman–Crippen LogP) is 5.21. The molecule has 214 valence electrons. The molecule has 0 bridgehead atoms. The molecule has 3 aromatic heterocycles. The van der Waals surface area contributed by atoms with Gasteiger partial charge in [0, 0.05) is 47.4 Å². The third-order valence-electron chi connectivity index (χ3n) is 8.47. The van der Waals surface area contributed by atoms with Gasteiger partial charge in [0.15, 0.2) is 0 Å². The smallest absolute Gasteiger partial charge is 0.406 e. The third kappa shape index (κ3) is 5.24. The van der Waals surface area contributed by atoms with Crippen LogP contribution in [0.5, 0.6) is 0 Å². The van der Waals surface area contributed by atoms with Gasteiger partial charge in [-0.2, -0.15) is 18.4 Å². The van der Waals surface area contributed by atoms with Gasteiger partial charge in [0.2, 0.25) is 0 Å². The van der Waals surface area contributed by atoms with Crippen LogP contribution in [0.25, 0.3) is 21.1 Å². The van der Waals surface area contributed by atoms with Crippen molar-refractivity contribution in [1.82, 2.24) is 19.4 Å². The van der Waals surface area contributed by atoms with Crippen molar-refractivity contribution in [2.24, 2.45) is 5.41 Å². The zero-order chi connectivity index (χ0) is 28.9. The molecule has 1 atom stereocenters. The lowest BCUT2D eigenvalue weighted by Gasteiger charge is -2.25. The number of esters is 1. The maximum Gasteiger partial charge on any atom is 0.406 e. The van der Waals surface area contributed by atoms with Gasteiger partial charge in [-0.1, -0.05) is 6.07 Å². The summed E-state index contributed by atoms with van der Waals surface area (Å²) in [5.74, 6) is 0.617. The van der Waals surface area contributed by atoms with E-state index in [9.17, 15) is 23.2 Å². The van der Waals surface area contributed by atoms with Gasteiger partial charge in [0.1, 0.15) is 35.3 Å². The van der Waals surface area contributed by atoms with Crippen LogP contribution in [-0.4, -0.2) is 64.9 Å². The molecular formula is C29H29F3N6O2S. The Bertz CT molecular complexity index is 1690. The number of alkyl halides is 3. The number of benzene rings is 1. The molecule has 0 radical (unpaired) electrons. The summed E-state index contributed by atoms with van der Waals surface area (Å²) in [6.07, 6.45) is -0.517. The summed E-state index contributed by atoms with van der Waals surface area (Å²) >= 11 is 1.49. The average Bonchev–Trinajstić information content (AvgIpc) is 3.71. The fourth-order valence-electron chi connectivity index (χ4n) is 6.43. The number of fused-ring (bicyclic) bond motifs is 2. The first kappa shape index (κ1) is 27.5. The van der Waals surface area contributed by atoms with Gasteiger partial charge in [0.05, 0.1) is 18.9 Å². The van der Waals surface area contributed by atoms with E-state index in [-0.39, 0.29) is 23.5 Å². The normalized spacial score (nSPS) is 19.6. The highest BCUT2D eigenvalue weighted by atomic mass is 32.1. The van der Waals surface area contributed by atoms with Crippen LogP contribution >= 0.6 is 11.3 Å². The summed E-state index contributed by atoms with van der Waals surface area (Å²) in [6.45, 7) is 5.07. The van der Waals surface area contributed by atoms with E-state index in [1.807, 2.05) is 25.1 Å². The highest BCUT2D eigenvalue weighted by Gasteiger charge is 2.44. The van der Waals surface area contributed by atoms with Gasteiger partial charge < -0.3 is 14.2 Å². The van der Waals surface area contributed by atoms with Gasteiger partial charge in [-0.25, -0.2) is 9.97 Å². The van der Waals surface area contributed by atoms with Gasteiger partial charge in [0.25, 0.3) is 0 Å². The van der Waals surface area contributed by atoms with Crippen LogP contribution in [0.1, 0.15) is 34.5 Å². The molecule has 8 nitrogen and oxygen atoms in total. The van der Waals surface area contributed by atoms with Gasteiger partial charge >= 0.3 is 12.1 Å². The van der Waals surface area contributed by atoms with E-state index in [0.29, 0.717) is 17.4 Å². The van der Waals surface area contributed by atoms with Crippen molar-refractivity contribution in [3.8, 4) is 6.07 Å². The van der Waals surface area contributed by atoms with Crippen molar-refractivity contribution in [1.29, 1.82) is 5.26 Å². The van der Waals surface area contributed by atoms with Crippen molar-refractivity contribution >= 4 is 44.2 Å². The van der Waals surface area contributed by atoms with Crippen molar-refractivity contribution < 1.29 is 22.7 Å². The van der Waals surface area contributed by atoms with Crippen LogP contribution in [0, 0.1) is 23.7 Å². The van der Waals surface area contributed by atoms with Gasteiger partial charge in [-0.15, -0.1) is 11.3 Å². The Kier molecular flexibility index (Phi) is 6.90. The Labute approximate surface area is 238 Å². The highest BCUT2D eigenvalue weighted by Crippen LogP contribution is 2.43. The minimum atomic E-state index is -4.41. The summed E-state index contributed by atoms with van der Waals surface area (Å²) in [4.78, 5) is 27.3. The van der Waals surface area contributed by atoms with E-state index >= 15 is 0 Å². The summed E-state index contributed by atoms with van der Waals surface area (Å²) in [7, 11) is 1.38. The lowest BCUT2D eigenvalue weighted by Crippen LogP contribution is -2.31. The van der Waals surface area contributed by atoms with Crippen molar-refractivity contribution in [2.45, 2.75) is 45.5 Å². The number of hydrogen-bond donors (Lipinski definition) is 0. The summed E-state index contributed by atoms with van der Waals surface area (Å²) in [6, 6.07) is 9.10. The molecule has 2 saturated heterocycles. The molecule has 5 heterocycles. The largest absolute Gasteiger partial charge is 0.469 e. The molecule has 0 amide bonds. The Hall–Kier alpha value is -3.69. The standard InChI is InChI=1S/C29H29F3N6O2S/c1-18-19(3-4-24-22(18)9-20(12-33)38(24)16-29(30,31)32)13-36-7-5-28(14-36)6-8-37(15-28)26-23-10-21(11-25(39)40-2)41-27(23)35-17-34-26/h3-4,9-10,17H,5-8,11,13-16H2,1-2H3/t28-/m0/s1. The average molecular weight is 583 g/mol. The SMILES string of the molecule is COC(=O)Cc1cc2c(N3CC[C@]4(CCN(Cc5ccc6c(cc(C#N)n6CC(F)(F)F)c5C)C4)C3)ncnc2s1. The molecule has 2 aliphatic heterocycles. The van der Waals surface area contributed by atoms with Gasteiger partial charge in [-0.05, 0) is 55.6 Å². The van der Waals surface area contributed by atoms with Crippen LogP contribution in [-0.2, 0) is 29.0 Å². The minimum absolute atomic E-state index is 0.0191. The number of anilines is 1. The molecular weight excluding hydrogens is 553 g/mol. The fraction of sp³-hybridized carbons (Fsp3) is 0.448. The monoisotopic (exact) mass is 582 g/mol. The number of rotatable bonds is 6. The second-order valence-electron chi connectivity index (χ2n) is 11.1. The molecule has 41 heavy (non-hydrogen) atoms. The van der Waals surface area contributed by atoms with E-state index in [2.05, 4.69) is 19.8 Å². The maximum absolute atomic E-state index is 13.2. The molecule has 1 spiro atoms. The van der Waals surface area contributed by atoms with Crippen molar-refractivity contribution in [3.63, 3.8) is 0 Å². The molecule has 6 rings (SSSR count). The molecule has 12 heteroatoms. The second-order valence-corrected chi connectivity index (χ2v) is 12.3. The number of methoxy groups -OCH3 is 1. The van der Waals surface area contributed by atoms with Crippen LogP contribution in [0.2, 0.25) is 0 Å². The molecule has 2 aliphatic rings. The third-order valence-corrected chi connectivity index (χ3v) is 9.52. The molecule has 2 fully saturated rings. The number of hydrogen-bond acceptors (Lipinski definition) is 8. The summed E-state index contributed by atoms with van der Waals surface area (Å²) < 4.78 is 45.4. The van der Waals surface area contributed by atoms with Crippen LogP contribution < -0.4 is 4.90 Å². The first-order chi connectivity index (χ1) is 19.6. The number of nitriles is 1. The number of aryl methyl sites for hydroxylation is 1. The van der Waals surface area contributed by atoms with E-state index in [1.54, 1.807) is 18.5 Å². The van der Waals surface area contributed by atoms with Crippen LogP contribution in [0.15, 0.2) is 30.6 Å². The molecule has 4 aromatic rings. The Morgan fingerprint density at radius 2 is 1.98 bits per heavy atom. The molecule has 0 N–H and O–H groups in total. The number of carbonyl (C=O) groups is 1. The maximum atomic E-state index is 13.2. The second kappa shape index (κ2) is 10.3. The quantitative estimate of drug-likeness (QED) is 0.289. The van der Waals surface area contributed by atoms with Crippen molar-refractivity contribution in [2.75, 3.05) is 38.2 Å². The van der Waals surface area contributed by atoms with E-state index in [4.69, 9.17) is 4.74 Å². The highest BCUT2D eigenvalue weighted by molar-refractivity contribution is 7.18. The molecule has 0 aliphatic carbocycles. The Morgan fingerprint density at radius 3 is 2.73 bits per heavy atom.